The Morgan fingerprint density at radius 3 is 2.61 bits per heavy atom. The molecular weight excluding hydrogens is 230 g/mol. The predicted molar refractivity (Wildman–Crippen MR) is 68.0 cm³/mol. The largest absolute Gasteiger partial charge is 0.334 e. The number of nitrogens with zero attached hydrogens (tertiary/aromatic N) is 2. The van der Waals surface area contributed by atoms with Crippen molar-refractivity contribution >= 4 is 11.6 Å². The Kier molecular flexibility index (Phi) is 3.72. The van der Waals surface area contributed by atoms with E-state index in [0.29, 0.717) is 18.1 Å². The highest BCUT2D eigenvalue weighted by atomic mass is 16.5. The summed E-state index contributed by atoms with van der Waals surface area (Å²) in [5, 5.41) is 6.55. The van der Waals surface area contributed by atoms with E-state index in [1.807, 2.05) is 31.2 Å². The van der Waals surface area contributed by atoms with Crippen LogP contribution >= 0.6 is 0 Å². The van der Waals surface area contributed by atoms with Gasteiger partial charge in [0.05, 0.1) is 0 Å². The van der Waals surface area contributed by atoms with E-state index < -0.39 is 0 Å². The number of carbonyl (C=O) groups excluding carboxylic acids is 1. The predicted octanol–water partition coefficient (Wildman–Crippen LogP) is 2.78. The number of anilines is 1. The van der Waals surface area contributed by atoms with Crippen LogP contribution in [-0.4, -0.2) is 16.0 Å². The highest BCUT2D eigenvalue weighted by Gasteiger charge is 2.06. The fraction of sp³-hybridized carbons (Fsp3) is 0.308. The average molecular weight is 245 g/mol. The normalized spacial score (nSPS) is 10.3. The molecule has 1 amide bonds. The molecule has 1 aromatic heterocycles. The van der Waals surface area contributed by atoms with Crippen LogP contribution in [0.3, 0.4) is 0 Å². The standard InChI is InChI=1S/C13H15N3O2/c1-3-4-12(17)15-11-7-5-10(6-8-11)13-14-9(2)16-18-13/h5-8H,3-4H2,1-2H3,(H,15,17). The molecule has 0 bridgehead atoms. The van der Waals surface area contributed by atoms with E-state index in [0.717, 1.165) is 17.7 Å². The molecule has 0 radical (unpaired) electrons. The molecule has 2 rings (SSSR count). The molecule has 0 unspecified atom stereocenters. The summed E-state index contributed by atoms with van der Waals surface area (Å²) in [7, 11) is 0. The molecule has 0 saturated carbocycles. The summed E-state index contributed by atoms with van der Waals surface area (Å²) >= 11 is 0. The summed E-state index contributed by atoms with van der Waals surface area (Å²) in [5.74, 6) is 1.11. The molecule has 94 valence electrons. The van der Waals surface area contributed by atoms with Gasteiger partial charge in [0.2, 0.25) is 5.91 Å². The number of nitrogens with one attached hydrogen (secondary N) is 1. The summed E-state index contributed by atoms with van der Waals surface area (Å²) in [6.45, 7) is 3.74. The SMILES string of the molecule is CCCC(=O)Nc1ccc(-c2nc(C)no2)cc1. The summed E-state index contributed by atoms with van der Waals surface area (Å²) in [4.78, 5) is 15.6. The van der Waals surface area contributed by atoms with Gasteiger partial charge in [0.15, 0.2) is 5.82 Å². The van der Waals surface area contributed by atoms with E-state index in [9.17, 15) is 4.79 Å². The first kappa shape index (κ1) is 12.3. The van der Waals surface area contributed by atoms with E-state index in [2.05, 4.69) is 15.5 Å². The highest BCUT2D eigenvalue weighted by Crippen LogP contribution is 2.19. The number of rotatable bonds is 4. The van der Waals surface area contributed by atoms with Crippen LogP contribution in [0.2, 0.25) is 0 Å². The summed E-state index contributed by atoms with van der Waals surface area (Å²) in [5.41, 5.74) is 1.61. The van der Waals surface area contributed by atoms with Gasteiger partial charge in [0, 0.05) is 17.7 Å². The van der Waals surface area contributed by atoms with Crippen molar-refractivity contribution < 1.29 is 9.32 Å². The minimum atomic E-state index is 0.0267. The molecule has 0 atom stereocenters. The van der Waals surface area contributed by atoms with Crippen molar-refractivity contribution in [2.45, 2.75) is 26.7 Å². The molecule has 5 heteroatoms. The Morgan fingerprint density at radius 1 is 1.33 bits per heavy atom. The van der Waals surface area contributed by atoms with Gasteiger partial charge in [0.1, 0.15) is 0 Å². The zero-order chi connectivity index (χ0) is 13.0. The first-order valence-corrected chi connectivity index (χ1v) is 5.89. The van der Waals surface area contributed by atoms with E-state index >= 15 is 0 Å². The lowest BCUT2D eigenvalue weighted by molar-refractivity contribution is -0.116. The van der Waals surface area contributed by atoms with Gasteiger partial charge in [-0.25, -0.2) is 0 Å². The van der Waals surface area contributed by atoms with Gasteiger partial charge >= 0.3 is 0 Å². The summed E-state index contributed by atoms with van der Waals surface area (Å²) in [6, 6.07) is 7.33. The fourth-order valence-corrected chi connectivity index (χ4v) is 1.56. The van der Waals surface area contributed by atoms with Crippen LogP contribution in [0.15, 0.2) is 28.8 Å². The zero-order valence-electron chi connectivity index (χ0n) is 10.4. The summed E-state index contributed by atoms with van der Waals surface area (Å²) < 4.78 is 5.06. The van der Waals surface area contributed by atoms with Crippen LogP contribution < -0.4 is 5.32 Å². The molecular formula is C13H15N3O2. The number of aryl methyl sites for hydroxylation is 1. The average Bonchev–Trinajstić information content (AvgIpc) is 2.77. The molecule has 18 heavy (non-hydrogen) atoms. The first-order valence-electron chi connectivity index (χ1n) is 5.89. The number of hydrogen-bond acceptors (Lipinski definition) is 4. The lowest BCUT2D eigenvalue weighted by atomic mass is 10.2. The van der Waals surface area contributed by atoms with Crippen molar-refractivity contribution in [1.29, 1.82) is 0 Å². The number of amides is 1. The minimum absolute atomic E-state index is 0.0267. The van der Waals surface area contributed by atoms with E-state index in [-0.39, 0.29) is 5.91 Å². The Balaban J connectivity index is 2.08. The second kappa shape index (κ2) is 5.44. The molecule has 0 aliphatic carbocycles. The molecule has 1 heterocycles. The molecule has 0 saturated heterocycles. The third-order valence-corrected chi connectivity index (χ3v) is 2.42. The van der Waals surface area contributed by atoms with Gasteiger partial charge in [-0.1, -0.05) is 12.1 Å². The van der Waals surface area contributed by atoms with Crippen molar-refractivity contribution in [3.8, 4) is 11.5 Å². The third kappa shape index (κ3) is 2.94. The lowest BCUT2D eigenvalue weighted by Gasteiger charge is -2.04. The van der Waals surface area contributed by atoms with Crippen LogP contribution in [0, 0.1) is 6.92 Å². The fourth-order valence-electron chi connectivity index (χ4n) is 1.56. The van der Waals surface area contributed by atoms with Gasteiger partial charge in [0.25, 0.3) is 5.89 Å². The Morgan fingerprint density at radius 2 is 2.06 bits per heavy atom. The maximum atomic E-state index is 11.4. The monoisotopic (exact) mass is 245 g/mol. The van der Waals surface area contributed by atoms with E-state index in [4.69, 9.17) is 4.52 Å². The molecule has 0 aliphatic rings. The Bertz CT molecular complexity index is 531. The molecule has 1 N–H and O–H groups in total. The molecule has 0 aliphatic heterocycles. The van der Waals surface area contributed by atoms with Crippen LogP contribution in [-0.2, 0) is 4.79 Å². The maximum Gasteiger partial charge on any atom is 0.257 e. The van der Waals surface area contributed by atoms with Crippen LogP contribution in [0.5, 0.6) is 0 Å². The van der Waals surface area contributed by atoms with Crippen molar-refractivity contribution in [3.05, 3.63) is 30.1 Å². The van der Waals surface area contributed by atoms with Crippen molar-refractivity contribution in [1.82, 2.24) is 10.1 Å². The highest BCUT2D eigenvalue weighted by molar-refractivity contribution is 5.90. The maximum absolute atomic E-state index is 11.4. The van der Waals surface area contributed by atoms with Gasteiger partial charge in [-0.15, -0.1) is 0 Å². The number of hydrogen-bond donors (Lipinski definition) is 1. The smallest absolute Gasteiger partial charge is 0.257 e. The number of aromatic nitrogens is 2. The lowest BCUT2D eigenvalue weighted by Crippen LogP contribution is -2.10. The van der Waals surface area contributed by atoms with Crippen molar-refractivity contribution in [2.75, 3.05) is 5.32 Å². The second-order valence-corrected chi connectivity index (χ2v) is 4.02. The Labute approximate surface area is 105 Å². The van der Waals surface area contributed by atoms with Crippen molar-refractivity contribution in [3.63, 3.8) is 0 Å². The molecule has 1 aromatic carbocycles. The molecule has 5 nitrogen and oxygen atoms in total. The number of carbonyl (C=O) groups is 1. The van der Waals surface area contributed by atoms with E-state index in [1.165, 1.54) is 0 Å². The van der Waals surface area contributed by atoms with Crippen LogP contribution in [0.1, 0.15) is 25.6 Å². The first-order chi connectivity index (χ1) is 8.69. The van der Waals surface area contributed by atoms with Gasteiger partial charge < -0.3 is 9.84 Å². The third-order valence-electron chi connectivity index (χ3n) is 2.42. The van der Waals surface area contributed by atoms with Crippen LogP contribution in [0.4, 0.5) is 5.69 Å². The van der Waals surface area contributed by atoms with Gasteiger partial charge in [-0.3, -0.25) is 4.79 Å². The van der Waals surface area contributed by atoms with Gasteiger partial charge in [-0.2, -0.15) is 4.98 Å². The quantitative estimate of drug-likeness (QED) is 0.899. The molecule has 2 aromatic rings. The summed E-state index contributed by atoms with van der Waals surface area (Å²) in [6.07, 6.45) is 1.37. The minimum Gasteiger partial charge on any atom is -0.334 e. The number of benzene rings is 1. The molecule has 0 spiro atoms. The topological polar surface area (TPSA) is 68.0 Å². The molecule has 0 fully saturated rings. The second-order valence-electron chi connectivity index (χ2n) is 4.02. The van der Waals surface area contributed by atoms with Gasteiger partial charge in [-0.05, 0) is 37.6 Å². The van der Waals surface area contributed by atoms with Crippen molar-refractivity contribution in [2.24, 2.45) is 0 Å². The zero-order valence-corrected chi connectivity index (χ0v) is 10.4. The van der Waals surface area contributed by atoms with Crippen LogP contribution in [0.25, 0.3) is 11.5 Å². The Hall–Kier alpha value is -2.17. The van der Waals surface area contributed by atoms with E-state index in [1.54, 1.807) is 6.92 Å².